The molecule has 1 aromatic heterocycles. The second kappa shape index (κ2) is 4.15. The Morgan fingerprint density at radius 3 is 3.08 bits per heavy atom. The first-order chi connectivity index (χ1) is 5.68. The van der Waals surface area contributed by atoms with Crippen molar-refractivity contribution in [1.29, 1.82) is 5.41 Å². The van der Waals surface area contributed by atoms with E-state index in [2.05, 4.69) is 4.98 Å². The molecule has 0 saturated heterocycles. The lowest BCUT2D eigenvalue weighted by molar-refractivity contribution is 0.454. The number of thioether (sulfide) groups is 1. The van der Waals surface area contributed by atoms with Crippen molar-refractivity contribution < 1.29 is 4.42 Å². The van der Waals surface area contributed by atoms with Crippen LogP contribution in [0, 0.1) is 12.3 Å². The highest BCUT2D eigenvalue weighted by atomic mass is 32.2. The minimum absolute atomic E-state index is 0.200. The second-order valence-electron chi connectivity index (χ2n) is 2.38. The van der Waals surface area contributed by atoms with Gasteiger partial charge >= 0.3 is 0 Å². The normalized spacial score (nSPS) is 10.1. The third-order valence-corrected chi connectivity index (χ3v) is 2.04. The molecule has 0 radical (unpaired) electrons. The lowest BCUT2D eigenvalue weighted by Gasteiger charge is -1.93. The molecular weight excluding hydrogens is 174 g/mol. The molecule has 1 aromatic rings. The van der Waals surface area contributed by atoms with Gasteiger partial charge in [-0.25, -0.2) is 4.98 Å². The third kappa shape index (κ3) is 2.96. The molecule has 5 heteroatoms. The average molecular weight is 185 g/mol. The van der Waals surface area contributed by atoms with Crippen molar-refractivity contribution in [3.8, 4) is 0 Å². The lowest BCUT2D eigenvalue weighted by Crippen LogP contribution is -2.09. The molecule has 0 bridgehead atoms. The van der Waals surface area contributed by atoms with Crippen molar-refractivity contribution >= 4 is 17.6 Å². The van der Waals surface area contributed by atoms with Gasteiger partial charge in [-0.2, -0.15) is 0 Å². The molecule has 0 aromatic carbocycles. The second-order valence-corrected chi connectivity index (χ2v) is 3.42. The number of oxazole rings is 1. The molecule has 0 unspecified atom stereocenters. The number of nitrogens with one attached hydrogen (secondary N) is 1. The van der Waals surface area contributed by atoms with Crippen molar-refractivity contribution in [2.45, 2.75) is 18.6 Å². The summed E-state index contributed by atoms with van der Waals surface area (Å²) in [5.74, 6) is 0.945. The molecule has 1 rings (SSSR count). The highest BCUT2D eigenvalue weighted by molar-refractivity contribution is 7.99. The van der Waals surface area contributed by atoms with Crippen LogP contribution in [0.1, 0.15) is 12.1 Å². The van der Waals surface area contributed by atoms with Gasteiger partial charge in [-0.3, -0.25) is 5.41 Å². The predicted octanol–water partition coefficient (Wildman–Crippen LogP) is 1.40. The molecule has 4 nitrogen and oxygen atoms in total. The molecule has 1 heterocycles. The van der Waals surface area contributed by atoms with E-state index < -0.39 is 0 Å². The maximum Gasteiger partial charge on any atom is 0.255 e. The Bertz CT molecular complexity index is 271. The summed E-state index contributed by atoms with van der Waals surface area (Å²) in [6.45, 7) is 1.87. The molecule has 3 N–H and O–H groups in total. The molecule has 0 spiro atoms. The fraction of sp³-hybridized carbons (Fsp3) is 0.429. The summed E-state index contributed by atoms with van der Waals surface area (Å²) < 4.78 is 5.09. The number of rotatable bonds is 4. The van der Waals surface area contributed by atoms with Crippen LogP contribution in [0.15, 0.2) is 15.9 Å². The zero-order valence-electron chi connectivity index (χ0n) is 6.83. The molecule has 12 heavy (non-hydrogen) atoms. The van der Waals surface area contributed by atoms with Gasteiger partial charge in [0.1, 0.15) is 6.26 Å². The van der Waals surface area contributed by atoms with Gasteiger partial charge in [0.25, 0.3) is 5.22 Å². The zero-order chi connectivity index (χ0) is 8.97. The predicted molar refractivity (Wildman–Crippen MR) is 48.5 cm³/mol. The fourth-order valence-electron chi connectivity index (χ4n) is 0.647. The number of aromatic nitrogens is 1. The van der Waals surface area contributed by atoms with Crippen LogP contribution < -0.4 is 5.73 Å². The number of nitrogens with two attached hydrogens (primary N) is 1. The van der Waals surface area contributed by atoms with Gasteiger partial charge < -0.3 is 10.2 Å². The van der Waals surface area contributed by atoms with E-state index in [0.29, 0.717) is 11.6 Å². The maximum atomic E-state index is 6.98. The van der Waals surface area contributed by atoms with Crippen LogP contribution >= 0.6 is 11.8 Å². The topological polar surface area (TPSA) is 75.9 Å². The molecule has 0 fully saturated rings. The summed E-state index contributed by atoms with van der Waals surface area (Å²) in [6.07, 6.45) is 2.18. The van der Waals surface area contributed by atoms with Crippen LogP contribution in [0.25, 0.3) is 0 Å². The fourth-order valence-corrected chi connectivity index (χ4v) is 1.47. The summed E-state index contributed by atoms with van der Waals surface area (Å²) in [5, 5.41) is 7.63. The minimum atomic E-state index is 0.200. The molecule has 0 aliphatic heterocycles. The molecule has 0 amide bonds. The molecule has 0 aliphatic rings. The molecule has 66 valence electrons. The highest BCUT2D eigenvalue weighted by Gasteiger charge is 2.00. The van der Waals surface area contributed by atoms with Gasteiger partial charge in [-0.05, 0) is 6.92 Å². The van der Waals surface area contributed by atoms with Crippen molar-refractivity contribution in [3.05, 3.63) is 12.0 Å². The Labute approximate surface area is 75.1 Å². The maximum absolute atomic E-state index is 6.98. The first-order valence-electron chi connectivity index (χ1n) is 3.56. The van der Waals surface area contributed by atoms with Gasteiger partial charge in [0.15, 0.2) is 0 Å². The molecular formula is C7H11N3OS. The summed E-state index contributed by atoms with van der Waals surface area (Å²) in [6, 6.07) is 0. The smallest absolute Gasteiger partial charge is 0.255 e. The van der Waals surface area contributed by atoms with Crippen molar-refractivity contribution in [3.63, 3.8) is 0 Å². The monoisotopic (exact) mass is 185 g/mol. The van der Waals surface area contributed by atoms with E-state index in [1.54, 1.807) is 6.26 Å². The Morgan fingerprint density at radius 2 is 2.58 bits per heavy atom. The summed E-state index contributed by atoms with van der Waals surface area (Å²) in [7, 11) is 0. The Balaban J connectivity index is 2.29. The van der Waals surface area contributed by atoms with Gasteiger partial charge in [0, 0.05) is 12.2 Å². The first kappa shape index (κ1) is 9.12. The number of hydrogen-bond donors (Lipinski definition) is 2. The van der Waals surface area contributed by atoms with E-state index in [0.717, 1.165) is 11.4 Å². The molecule has 0 atom stereocenters. The highest BCUT2D eigenvalue weighted by Crippen LogP contribution is 2.16. The van der Waals surface area contributed by atoms with Gasteiger partial charge in [0.2, 0.25) is 0 Å². The number of amidine groups is 1. The molecule has 0 aliphatic carbocycles. The number of nitrogens with zero attached hydrogens (tertiary/aromatic N) is 1. The Kier molecular flexibility index (Phi) is 3.16. The minimum Gasteiger partial charge on any atom is -0.440 e. The van der Waals surface area contributed by atoms with Crippen molar-refractivity contribution in [2.24, 2.45) is 5.73 Å². The van der Waals surface area contributed by atoms with E-state index in [1.807, 2.05) is 6.92 Å². The SMILES string of the molecule is Cc1coc(SCCC(=N)N)n1. The van der Waals surface area contributed by atoms with Crippen LogP contribution in [0.2, 0.25) is 0 Å². The zero-order valence-corrected chi connectivity index (χ0v) is 7.65. The molecule has 0 saturated carbocycles. The van der Waals surface area contributed by atoms with Crippen molar-refractivity contribution in [2.75, 3.05) is 5.75 Å². The van der Waals surface area contributed by atoms with Crippen LogP contribution in [0.4, 0.5) is 0 Å². The van der Waals surface area contributed by atoms with E-state index in [9.17, 15) is 0 Å². The standard InChI is InChI=1S/C7H11N3OS/c1-5-4-11-7(10-5)12-3-2-6(8)9/h4H,2-3H2,1H3,(H3,8,9). The van der Waals surface area contributed by atoms with Gasteiger partial charge in [-0.15, -0.1) is 0 Å². The summed E-state index contributed by atoms with van der Waals surface area (Å²) >= 11 is 1.47. The number of aryl methyl sites for hydroxylation is 1. The quantitative estimate of drug-likeness (QED) is 0.422. The van der Waals surface area contributed by atoms with Crippen molar-refractivity contribution in [1.82, 2.24) is 4.98 Å². The van der Waals surface area contributed by atoms with Gasteiger partial charge in [-0.1, -0.05) is 11.8 Å². The average Bonchev–Trinajstić information content (AvgIpc) is 2.35. The van der Waals surface area contributed by atoms with E-state index >= 15 is 0 Å². The Morgan fingerprint density at radius 1 is 1.83 bits per heavy atom. The first-order valence-corrected chi connectivity index (χ1v) is 4.55. The van der Waals surface area contributed by atoms with Crippen LogP contribution in [-0.2, 0) is 0 Å². The summed E-state index contributed by atoms with van der Waals surface area (Å²) in [5.41, 5.74) is 6.06. The van der Waals surface area contributed by atoms with Crippen LogP contribution in [0.3, 0.4) is 0 Å². The van der Waals surface area contributed by atoms with E-state index in [-0.39, 0.29) is 5.84 Å². The van der Waals surface area contributed by atoms with Crippen LogP contribution in [0.5, 0.6) is 0 Å². The Hall–Kier alpha value is -0.970. The lowest BCUT2D eigenvalue weighted by atomic mass is 10.5. The van der Waals surface area contributed by atoms with Crippen LogP contribution in [-0.4, -0.2) is 16.6 Å². The summed E-state index contributed by atoms with van der Waals surface area (Å²) in [4.78, 5) is 4.09. The third-order valence-electron chi connectivity index (χ3n) is 1.19. The largest absolute Gasteiger partial charge is 0.440 e. The number of hydrogen-bond acceptors (Lipinski definition) is 4. The van der Waals surface area contributed by atoms with E-state index in [1.165, 1.54) is 11.8 Å². The van der Waals surface area contributed by atoms with Gasteiger partial charge in [0.05, 0.1) is 11.5 Å². The van der Waals surface area contributed by atoms with E-state index in [4.69, 9.17) is 15.6 Å².